The Labute approximate surface area is 146 Å². The number of hydrogen-bond donors (Lipinski definition) is 2. The van der Waals surface area contributed by atoms with Gasteiger partial charge in [-0.25, -0.2) is 9.59 Å². The third-order valence-electron chi connectivity index (χ3n) is 3.87. The Morgan fingerprint density at radius 2 is 1.16 bits per heavy atom. The first-order chi connectivity index (χ1) is 12.0. The summed E-state index contributed by atoms with van der Waals surface area (Å²) in [5.41, 5.74) is 5.85. The second-order valence-corrected chi connectivity index (χ2v) is 5.90. The van der Waals surface area contributed by atoms with Gasteiger partial charge in [-0.1, -0.05) is 48.5 Å². The monoisotopic (exact) mass is 339 g/mol. The standard InChI is InChI=1S/C16H17N.C4H4O4/c1-17-11-15-8-4-2-6-13(15)10-14-7-3-5-9-16(14)12-17;5-3(6)1-2-4(7)8/h2-9H,10-12H2,1H3;1-2H,(H,5,6)(H,7,8)/b;2-1-. The second kappa shape index (κ2) is 8.80. The van der Waals surface area contributed by atoms with Crippen LogP contribution in [0.25, 0.3) is 0 Å². The molecule has 0 bridgehead atoms. The van der Waals surface area contributed by atoms with Crippen LogP contribution in [0.4, 0.5) is 0 Å². The van der Waals surface area contributed by atoms with E-state index in [0.29, 0.717) is 12.2 Å². The summed E-state index contributed by atoms with van der Waals surface area (Å²) in [7, 11) is 2.19. The summed E-state index contributed by atoms with van der Waals surface area (Å²) in [4.78, 5) is 21.5. The zero-order valence-electron chi connectivity index (χ0n) is 14.1. The lowest BCUT2D eigenvalue weighted by Crippen LogP contribution is -2.21. The van der Waals surface area contributed by atoms with Crippen LogP contribution in [-0.2, 0) is 29.1 Å². The molecule has 0 saturated carbocycles. The summed E-state index contributed by atoms with van der Waals surface area (Å²) in [6, 6.07) is 17.6. The molecule has 0 aromatic heterocycles. The molecule has 2 N–H and O–H groups in total. The number of rotatable bonds is 2. The molecule has 5 nitrogen and oxygen atoms in total. The minimum absolute atomic E-state index is 0.558. The van der Waals surface area contributed by atoms with Crippen LogP contribution < -0.4 is 0 Å². The van der Waals surface area contributed by atoms with Crippen molar-refractivity contribution in [1.29, 1.82) is 0 Å². The molecule has 0 radical (unpaired) electrons. The minimum atomic E-state index is -1.26. The number of fused-ring (bicyclic) bond motifs is 2. The van der Waals surface area contributed by atoms with Crippen LogP contribution in [0.15, 0.2) is 60.7 Å². The fourth-order valence-electron chi connectivity index (χ4n) is 2.75. The van der Waals surface area contributed by atoms with Crippen molar-refractivity contribution in [3.8, 4) is 0 Å². The van der Waals surface area contributed by atoms with E-state index >= 15 is 0 Å². The van der Waals surface area contributed by atoms with Gasteiger partial charge < -0.3 is 10.2 Å². The Morgan fingerprint density at radius 3 is 1.52 bits per heavy atom. The molecular weight excluding hydrogens is 318 g/mol. The third kappa shape index (κ3) is 5.90. The van der Waals surface area contributed by atoms with Crippen molar-refractivity contribution in [2.75, 3.05) is 7.05 Å². The largest absolute Gasteiger partial charge is 0.478 e. The maximum absolute atomic E-state index is 9.55. The number of aliphatic carboxylic acids is 2. The molecular formula is C20H21NO4. The van der Waals surface area contributed by atoms with Crippen molar-refractivity contribution in [1.82, 2.24) is 4.90 Å². The molecule has 0 saturated heterocycles. The Morgan fingerprint density at radius 1 is 0.800 bits per heavy atom. The van der Waals surface area contributed by atoms with E-state index in [9.17, 15) is 9.59 Å². The molecule has 1 aliphatic rings. The Balaban J connectivity index is 0.000000242. The molecule has 1 heterocycles. The minimum Gasteiger partial charge on any atom is -0.478 e. The van der Waals surface area contributed by atoms with E-state index in [0.717, 1.165) is 19.5 Å². The first-order valence-corrected chi connectivity index (χ1v) is 7.91. The maximum Gasteiger partial charge on any atom is 0.328 e. The van der Waals surface area contributed by atoms with Crippen LogP contribution in [-0.4, -0.2) is 34.1 Å². The highest BCUT2D eigenvalue weighted by atomic mass is 16.4. The topological polar surface area (TPSA) is 77.8 Å². The number of carbonyl (C=O) groups is 2. The summed E-state index contributed by atoms with van der Waals surface area (Å²) in [5, 5.41) is 15.6. The number of carboxylic acid groups (broad SMARTS) is 2. The lowest BCUT2D eigenvalue weighted by Gasteiger charge is -2.24. The zero-order chi connectivity index (χ0) is 18.2. The van der Waals surface area contributed by atoms with E-state index in [4.69, 9.17) is 10.2 Å². The summed E-state index contributed by atoms with van der Waals surface area (Å²) in [5.74, 6) is -2.51. The molecule has 0 aliphatic carbocycles. The van der Waals surface area contributed by atoms with E-state index in [1.807, 2.05) is 0 Å². The summed E-state index contributed by atoms with van der Waals surface area (Å²) in [6.45, 7) is 2.09. The molecule has 5 heteroatoms. The van der Waals surface area contributed by atoms with Crippen LogP contribution >= 0.6 is 0 Å². The maximum atomic E-state index is 9.55. The smallest absolute Gasteiger partial charge is 0.328 e. The van der Waals surface area contributed by atoms with Crippen LogP contribution in [0, 0.1) is 0 Å². The molecule has 0 atom stereocenters. The van der Waals surface area contributed by atoms with Gasteiger partial charge in [-0.15, -0.1) is 0 Å². The number of nitrogens with zero attached hydrogens (tertiary/aromatic N) is 1. The Kier molecular flexibility index (Phi) is 6.48. The van der Waals surface area contributed by atoms with Gasteiger partial charge in [0.15, 0.2) is 0 Å². The molecule has 25 heavy (non-hydrogen) atoms. The van der Waals surface area contributed by atoms with Crippen molar-refractivity contribution >= 4 is 11.9 Å². The number of carboxylic acids is 2. The van der Waals surface area contributed by atoms with Crippen LogP contribution in [0.5, 0.6) is 0 Å². The predicted molar refractivity (Wildman–Crippen MR) is 95.3 cm³/mol. The van der Waals surface area contributed by atoms with Gasteiger partial charge in [-0.3, -0.25) is 4.90 Å². The van der Waals surface area contributed by atoms with E-state index < -0.39 is 11.9 Å². The first kappa shape index (κ1) is 18.4. The van der Waals surface area contributed by atoms with Gasteiger partial charge >= 0.3 is 11.9 Å². The van der Waals surface area contributed by atoms with Gasteiger partial charge in [0, 0.05) is 25.2 Å². The average Bonchev–Trinajstić information content (AvgIpc) is 2.55. The van der Waals surface area contributed by atoms with Gasteiger partial charge in [-0.05, 0) is 35.7 Å². The Bertz CT molecular complexity index is 719. The molecule has 0 fully saturated rings. The predicted octanol–water partition coefficient (Wildman–Crippen LogP) is 2.93. The quantitative estimate of drug-likeness (QED) is 0.823. The van der Waals surface area contributed by atoms with E-state index in [1.54, 1.807) is 0 Å². The van der Waals surface area contributed by atoms with Crippen molar-refractivity contribution in [3.63, 3.8) is 0 Å². The highest BCUT2D eigenvalue weighted by Gasteiger charge is 2.13. The molecule has 1 aliphatic heterocycles. The summed E-state index contributed by atoms with van der Waals surface area (Å²) in [6.07, 6.45) is 2.19. The Hall–Kier alpha value is -2.92. The highest BCUT2D eigenvalue weighted by molar-refractivity contribution is 5.89. The van der Waals surface area contributed by atoms with Crippen molar-refractivity contribution < 1.29 is 19.8 Å². The van der Waals surface area contributed by atoms with Gasteiger partial charge in [0.2, 0.25) is 0 Å². The normalized spacial score (nSPS) is 13.6. The van der Waals surface area contributed by atoms with Crippen LogP contribution in [0.3, 0.4) is 0 Å². The molecule has 2 aromatic rings. The van der Waals surface area contributed by atoms with Crippen molar-refractivity contribution in [2.45, 2.75) is 19.5 Å². The molecule has 2 aromatic carbocycles. The van der Waals surface area contributed by atoms with Gasteiger partial charge in [0.05, 0.1) is 0 Å². The summed E-state index contributed by atoms with van der Waals surface area (Å²) < 4.78 is 0. The van der Waals surface area contributed by atoms with Gasteiger partial charge in [-0.2, -0.15) is 0 Å². The number of benzene rings is 2. The van der Waals surface area contributed by atoms with Crippen molar-refractivity contribution in [3.05, 3.63) is 82.9 Å². The lowest BCUT2D eigenvalue weighted by atomic mass is 9.94. The lowest BCUT2D eigenvalue weighted by molar-refractivity contribution is -0.134. The van der Waals surface area contributed by atoms with E-state index in [-0.39, 0.29) is 0 Å². The van der Waals surface area contributed by atoms with Crippen molar-refractivity contribution in [2.24, 2.45) is 0 Å². The molecule has 3 rings (SSSR count). The first-order valence-electron chi connectivity index (χ1n) is 7.91. The van der Waals surface area contributed by atoms with E-state index in [1.165, 1.54) is 22.3 Å². The van der Waals surface area contributed by atoms with E-state index in [2.05, 4.69) is 60.5 Å². The zero-order valence-corrected chi connectivity index (χ0v) is 14.1. The molecule has 130 valence electrons. The molecule has 0 spiro atoms. The SMILES string of the molecule is CN1Cc2ccccc2Cc2ccccc2C1.O=C(O)/C=C\C(=O)O. The second-order valence-electron chi connectivity index (χ2n) is 5.90. The molecule has 0 unspecified atom stereocenters. The van der Waals surface area contributed by atoms with Crippen LogP contribution in [0.1, 0.15) is 22.3 Å². The van der Waals surface area contributed by atoms with Gasteiger partial charge in [0.1, 0.15) is 0 Å². The van der Waals surface area contributed by atoms with Crippen LogP contribution in [0.2, 0.25) is 0 Å². The van der Waals surface area contributed by atoms with Gasteiger partial charge in [0.25, 0.3) is 0 Å². The third-order valence-corrected chi connectivity index (χ3v) is 3.87. The highest BCUT2D eigenvalue weighted by Crippen LogP contribution is 2.23. The fraction of sp³-hybridized carbons (Fsp3) is 0.200. The average molecular weight is 339 g/mol. The molecule has 0 amide bonds. The fourth-order valence-corrected chi connectivity index (χ4v) is 2.75. The number of hydrogen-bond acceptors (Lipinski definition) is 3. The summed E-state index contributed by atoms with van der Waals surface area (Å²) >= 11 is 0.